The number of carbonyl (C=O) groups excluding carboxylic acids is 4. The maximum absolute atomic E-state index is 12.7. The number of carbonyl (C=O) groups is 4. The van der Waals surface area contributed by atoms with Gasteiger partial charge in [0.15, 0.2) is 0 Å². The molecule has 0 amide bonds. The van der Waals surface area contributed by atoms with Crippen LogP contribution in [0.5, 0.6) is 0 Å². The smallest absolute Gasteiger partial charge is 0.308 e. The minimum Gasteiger partial charge on any atom is -0.465 e. The molecule has 2 fully saturated rings. The van der Waals surface area contributed by atoms with Crippen molar-refractivity contribution in [2.24, 2.45) is 29.1 Å². The quantitative estimate of drug-likeness (QED) is 0.168. The van der Waals surface area contributed by atoms with Gasteiger partial charge in [-0.3, -0.25) is 24.0 Å². The Morgan fingerprint density at radius 3 is 1.97 bits per heavy atom. The Morgan fingerprint density at radius 2 is 1.36 bits per heavy atom. The lowest BCUT2D eigenvalue weighted by molar-refractivity contribution is -0.157. The Hall–Kier alpha value is -1.60. The summed E-state index contributed by atoms with van der Waals surface area (Å²) < 4.78 is 5.46. The second kappa shape index (κ2) is 15.0. The third-order valence-electron chi connectivity index (χ3n) is 8.29. The molecule has 0 aliphatic heterocycles. The van der Waals surface area contributed by atoms with Crippen molar-refractivity contribution in [3.05, 3.63) is 0 Å². The Balaban J connectivity index is 1.57. The number of ketones is 3. The number of Topliss-reactive ketones (excluding diaryl/α,β-unsaturated/α-hetero) is 3. The highest BCUT2D eigenvalue weighted by molar-refractivity contribution is 5.83. The van der Waals surface area contributed by atoms with E-state index in [-0.39, 0.29) is 46.6 Å². The fourth-order valence-corrected chi connectivity index (χ4v) is 5.54. The van der Waals surface area contributed by atoms with E-state index in [0.717, 1.165) is 57.8 Å². The van der Waals surface area contributed by atoms with E-state index in [4.69, 9.17) is 9.57 Å². The van der Waals surface area contributed by atoms with E-state index in [2.05, 4.69) is 13.8 Å². The van der Waals surface area contributed by atoms with Crippen molar-refractivity contribution < 1.29 is 28.8 Å². The average molecular weight is 508 g/mol. The van der Waals surface area contributed by atoms with Gasteiger partial charge in [-0.2, -0.15) is 5.06 Å². The predicted octanol–water partition coefficient (Wildman–Crippen LogP) is 5.34. The summed E-state index contributed by atoms with van der Waals surface area (Å²) in [6, 6.07) is 0. The molecule has 0 N–H and O–H groups in total. The van der Waals surface area contributed by atoms with E-state index >= 15 is 0 Å². The monoisotopic (exact) mass is 507 g/mol. The molecule has 7 nitrogen and oxygen atoms in total. The van der Waals surface area contributed by atoms with Crippen molar-refractivity contribution >= 4 is 23.3 Å². The molecule has 4 unspecified atom stereocenters. The topological polar surface area (TPSA) is 90.0 Å². The van der Waals surface area contributed by atoms with Crippen LogP contribution >= 0.6 is 0 Å². The van der Waals surface area contributed by atoms with Crippen LogP contribution in [0.3, 0.4) is 0 Å². The van der Waals surface area contributed by atoms with E-state index in [1.807, 2.05) is 7.05 Å². The van der Waals surface area contributed by atoms with Crippen LogP contribution in [0, 0.1) is 29.1 Å². The molecular formula is C29H49NO6. The Bertz CT molecular complexity index is 748. The minimum atomic E-state index is -0.175. The summed E-state index contributed by atoms with van der Waals surface area (Å²) in [5, 5.41) is 1.78. The molecule has 0 saturated heterocycles. The Kier molecular flexibility index (Phi) is 12.7. The van der Waals surface area contributed by atoms with Crippen molar-refractivity contribution in [1.29, 1.82) is 0 Å². The molecule has 0 aromatic rings. The molecule has 0 aromatic heterocycles. The Morgan fingerprint density at radius 1 is 0.806 bits per heavy atom. The third kappa shape index (κ3) is 10.8. The van der Waals surface area contributed by atoms with E-state index in [9.17, 15) is 19.2 Å². The molecule has 0 aromatic carbocycles. The van der Waals surface area contributed by atoms with Gasteiger partial charge in [0.05, 0.1) is 19.1 Å². The van der Waals surface area contributed by atoms with Gasteiger partial charge in [-0.05, 0) is 77.0 Å². The van der Waals surface area contributed by atoms with Crippen LogP contribution in [0.25, 0.3) is 0 Å². The molecule has 206 valence electrons. The lowest BCUT2D eigenvalue weighted by Gasteiger charge is -2.29. The van der Waals surface area contributed by atoms with E-state index < -0.39 is 0 Å². The minimum absolute atomic E-state index is 0.00159. The predicted molar refractivity (Wildman–Crippen MR) is 139 cm³/mol. The fourth-order valence-electron chi connectivity index (χ4n) is 5.54. The zero-order valence-electron chi connectivity index (χ0n) is 23.3. The standard InChI is InChI=1S/C29H49NO6/c1-21(31)23-9-6-11-25(19-23)27(33)13-14-29(3,4)15-18-36-30(5)16-8-17-35-28(34)26-12-7-10-24(20-26)22(2)32/h23-26H,6-20H2,1-5H3. The van der Waals surface area contributed by atoms with Gasteiger partial charge >= 0.3 is 5.97 Å². The summed E-state index contributed by atoms with van der Waals surface area (Å²) in [5.41, 5.74) is -0.00159. The first kappa shape index (κ1) is 30.6. The number of rotatable bonds is 15. The highest BCUT2D eigenvalue weighted by atomic mass is 16.7. The number of hydroxylamine groups is 2. The van der Waals surface area contributed by atoms with Gasteiger partial charge in [0.25, 0.3) is 0 Å². The van der Waals surface area contributed by atoms with Gasteiger partial charge in [-0.1, -0.05) is 26.7 Å². The highest BCUT2D eigenvalue weighted by Gasteiger charge is 2.31. The van der Waals surface area contributed by atoms with Gasteiger partial charge in [-0.25, -0.2) is 0 Å². The van der Waals surface area contributed by atoms with E-state index in [0.29, 0.717) is 44.8 Å². The molecule has 0 spiro atoms. The summed E-state index contributed by atoms with van der Waals surface area (Å²) in [6.45, 7) is 9.18. The first-order valence-corrected chi connectivity index (χ1v) is 14.0. The Labute approximate surface area is 218 Å². The zero-order valence-corrected chi connectivity index (χ0v) is 23.3. The summed E-state index contributed by atoms with van der Waals surface area (Å²) >= 11 is 0. The van der Waals surface area contributed by atoms with Crippen LogP contribution in [-0.2, 0) is 28.8 Å². The summed E-state index contributed by atoms with van der Waals surface area (Å²) in [5.74, 6) is 0.506. The molecule has 36 heavy (non-hydrogen) atoms. The molecule has 0 bridgehead atoms. The molecule has 2 aliphatic rings. The third-order valence-corrected chi connectivity index (χ3v) is 8.29. The number of nitrogens with zero attached hydrogens (tertiary/aromatic N) is 1. The lowest BCUT2D eigenvalue weighted by Crippen LogP contribution is -2.29. The maximum Gasteiger partial charge on any atom is 0.308 e. The first-order chi connectivity index (χ1) is 17.0. The number of ether oxygens (including phenoxy) is 1. The molecule has 4 atom stereocenters. The normalized spacial score (nSPS) is 24.9. The highest BCUT2D eigenvalue weighted by Crippen LogP contribution is 2.34. The van der Waals surface area contributed by atoms with Crippen LogP contribution in [0.15, 0.2) is 0 Å². The second-order valence-electron chi connectivity index (χ2n) is 11.9. The molecule has 7 heteroatoms. The van der Waals surface area contributed by atoms with Crippen LogP contribution in [0.4, 0.5) is 0 Å². The molecule has 2 rings (SSSR count). The number of hydrogen-bond acceptors (Lipinski definition) is 7. The zero-order chi connectivity index (χ0) is 26.7. The van der Waals surface area contributed by atoms with Gasteiger partial charge in [0, 0.05) is 37.8 Å². The van der Waals surface area contributed by atoms with Crippen LogP contribution in [0.2, 0.25) is 0 Å². The van der Waals surface area contributed by atoms with Crippen molar-refractivity contribution in [3.8, 4) is 0 Å². The molecule has 2 saturated carbocycles. The molecular weight excluding hydrogens is 458 g/mol. The van der Waals surface area contributed by atoms with E-state index in [1.54, 1.807) is 18.9 Å². The summed E-state index contributed by atoms with van der Waals surface area (Å²) in [6.07, 6.45) is 9.71. The molecule has 2 aliphatic carbocycles. The fraction of sp³-hybridized carbons (Fsp3) is 0.862. The van der Waals surface area contributed by atoms with Crippen LogP contribution in [0.1, 0.15) is 105 Å². The number of hydrogen-bond donors (Lipinski definition) is 0. The van der Waals surface area contributed by atoms with Crippen molar-refractivity contribution in [2.45, 2.75) is 105 Å². The van der Waals surface area contributed by atoms with Crippen molar-refractivity contribution in [1.82, 2.24) is 5.06 Å². The van der Waals surface area contributed by atoms with Gasteiger partial charge in [-0.15, -0.1) is 0 Å². The lowest BCUT2D eigenvalue weighted by atomic mass is 9.75. The largest absolute Gasteiger partial charge is 0.465 e. The maximum atomic E-state index is 12.7. The SMILES string of the molecule is CC(=O)C1CCCC(C(=O)CCC(C)(C)CCON(C)CCCOC(=O)C2CCCC(C(C)=O)C2)C1. The summed E-state index contributed by atoms with van der Waals surface area (Å²) in [7, 11) is 1.88. The second-order valence-corrected chi connectivity index (χ2v) is 11.9. The summed E-state index contributed by atoms with van der Waals surface area (Å²) in [4.78, 5) is 54.2. The van der Waals surface area contributed by atoms with Crippen molar-refractivity contribution in [2.75, 3.05) is 26.8 Å². The average Bonchev–Trinajstić information content (AvgIpc) is 2.85. The van der Waals surface area contributed by atoms with Gasteiger partial charge in [0.1, 0.15) is 17.3 Å². The van der Waals surface area contributed by atoms with Crippen LogP contribution < -0.4 is 0 Å². The van der Waals surface area contributed by atoms with Crippen molar-refractivity contribution in [3.63, 3.8) is 0 Å². The number of esters is 1. The molecule has 0 heterocycles. The first-order valence-electron chi connectivity index (χ1n) is 14.0. The molecule has 0 radical (unpaired) electrons. The van der Waals surface area contributed by atoms with Gasteiger partial charge < -0.3 is 4.74 Å². The van der Waals surface area contributed by atoms with Gasteiger partial charge in [0.2, 0.25) is 0 Å². The van der Waals surface area contributed by atoms with Crippen LogP contribution in [-0.4, -0.2) is 55.2 Å². The van der Waals surface area contributed by atoms with E-state index in [1.165, 1.54) is 0 Å².